The zero-order valence-corrected chi connectivity index (χ0v) is 5.54. The van der Waals surface area contributed by atoms with E-state index in [2.05, 4.69) is 0 Å². The minimum absolute atomic E-state index is 0.189. The number of hydrogen-bond acceptors (Lipinski definition) is 4. The van der Waals surface area contributed by atoms with Gasteiger partial charge in [0.25, 0.3) is 5.79 Å². The van der Waals surface area contributed by atoms with Crippen LogP contribution in [0, 0.1) is 0 Å². The van der Waals surface area contributed by atoms with Crippen LogP contribution >= 0.6 is 0 Å². The van der Waals surface area contributed by atoms with Crippen molar-refractivity contribution in [2.45, 2.75) is 31.0 Å². The van der Waals surface area contributed by atoms with Gasteiger partial charge in [-0.05, 0) is 12.8 Å². The van der Waals surface area contributed by atoms with Crippen LogP contribution in [0.2, 0.25) is 0 Å². The van der Waals surface area contributed by atoms with Crippen molar-refractivity contribution in [2.75, 3.05) is 6.61 Å². The van der Waals surface area contributed by atoms with Gasteiger partial charge in [-0.1, -0.05) is 0 Å². The number of rotatable bonds is 4. The van der Waals surface area contributed by atoms with Gasteiger partial charge in [0.05, 0.1) is 0 Å². The van der Waals surface area contributed by atoms with Crippen molar-refractivity contribution in [3.05, 3.63) is 0 Å². The van der Waals surface area contributed by atoms with Crippen LogP contribution in [0.25, 0.3) is 0 Å². The van der Waals surface area contributed by atoms with Crippen molar-refractivity contribution in [3.8, 4) is 0 Å². The van der Waals surface area contributed by atoms with E-state index in [1.807, 2.05) is 0 Å². The average molecular weight is 146 g/mol. The third kappa shape index (κ3) is 0.703. The smallest absolute Gasteiger partial charge is 0.343 e. The normalized spacial score (nSPS) is 48.6. The van der Waals surface area contributed by atoms with E-state index in [0.717, 1.165) is 12.8 Å². The molecule has 0 aromatic carbocycles. The van der Waals surface area contributed by atoms with Crippen LogP contribution in [0.15, 0.2) is 0 Å². The van der Waals surface area contributed by atoms with E-state index in [1.165, 1.54) is 0 Å². The lowest BCUT2D eigenvalue weighted by Gasteiger charge is -1.96. The molecular weight excluding hydrogens is 136 g/mol. The zero-order valence-electron chi connectivity index (χ0n) is 5.54. The Morgan fingerprint density at radius 3 is 2.20 bits per heavy atom. The van der Waals surface area contributed by atoms with Crippen LogP contribution in [0.1, 0.15) is 19.3 Å². The minimum Gasteiger partial charge on any atom is -0.396 e. The van der Waals surface area contributed by atoms with Gasteiger partial charge in [-0.3, -0.25) is 9.47 Å². The first-order valence-corrected chi connectivity index (χ1v) is 3.46. The van der Waals surface area contributed by atoms with Crippen molar-refractivity contribution in [1.82, 2.24) is 0 Å². The van der Waals surface area contributed by atoms with Crippen LogP contribution in [-0.2, 0) is 9.47 Å². The molecule has 2 aliphatic rings. The minimum atomic E-state index is -1.22. The number of unbranched alkanes of at least 4 members (excludes halogenated alkanes) is 1. The molecule has 4 nitrogen and oxygen atoms in total. The molecule has 0 aliphatic carbocycles. The molecule has 0 saturated carbocycles. The van der Waals surface area contributed by atoms with Gasteiger partial charge < -0.3 is 10.2 Å². The van der Waals surface area contributed by atoms with E-state index in [4.69, 9.17) is 19.7 Å². The molecule has 2 N–H and O–H groups in total. The summed E-state index contributed by atoms with van der Waals surface area (Å²) < 4.78 is 9.56. The predicted molar refractivity (Wildman–Crippen MR) is 30.8 cm³/mol. The third-order valence-corrected chi connectivity index (χ3v) is 1.92. The number of aliphatic hydroxyl groups is 2. The SMILES string of the molecule is OCCCCC12OC1(O)O2. The fraction of sp³-hybridized carbons (Fsp3) is 1.00. The molecule has 4 heteroatoms. The van der Waals surface area contributed by atoms with Crippen LogP contribution in [0.3, 0.4) is 0 Å². The maximum absolute atomic E-state index is 8.95. The Morgan fingerprint density at radius 2 is 1.80 bits per heavy atom. The number of epoxide rings is 2. The van der Waals surface area contributed by atoms with E-state index in [1.54, 1.807) is 0 Å². The Kier molecular flexibility index (Phi) is 1.12. The summed E-state index contributed by atoms with van der Waals surface area (Å²) in [6, 6.07) is 0. The molecule has 0 unspecified atom stereocenters. The second-order valence-corrected chi connectivity index (χ2v) is 2.72. The number of fused-ring (bicyclic) bond motifs is 1. The molecule has 58 valence electrons. The van der Waals surface area contributed by atoms with Crippen LogP contribution < -0.4 is 0 Å². The third-order valence-electron chi connectivity index (χ3n) is 1.92. The summed E-state index contributed by atoms with van der Waals surface area (Å²) in [5.74, 6) is -1.87. The van der Waals surface area contributed by atoms with Gasteiger partial charge in [-0.15, -0.1) is 0 Å². The Labute approximate surface area is 58.4 Å². The topological polar surface area (TPSA) is 65.5 Å². The summed E-state index contributed by atoms with van der Waals surface area (Å²) in [6.07, 6.45) is 2.26. The largest absolute Gasteiger partial charge is 0.396 e. The van der Waals surface area contributed by atoms with Gasteiger partial charge in [-0.2, -0.15) is 0 Å². The highest BCUT2D eigenvalue weighted by Crippen LogP contribution is 2.67. The summed E-state index contributed by atoms with van der Waals surface area (Å²) in [5, 5.41) is 17.4. The van der Waals surface area contributed by atoms with Crippen LogP contribution in [0.5, 0.6) is 0 Å². The van der Waals surface area contributed by atoms with Gasteiger partial charge >= 0.3 is 5.97 Å². The highest BCUT2D eigenvalue weighted by Gasteiger charge is 2.91. The zero-order chi connectivity index (χ0) is 7.24. The number of ether oxygens (including phenoxy) is 2. The Hall–Kier alpha value is -0.160. The van der Waals surface area contributed by atoms with E-state index in [0.29, 0.717) is 6.42 Å². The quantitative estimate of drug-likeness (QED) is 0.416. The number of hydrogen-bond donors (Lipinski definition) is 2. The second kappa shape index (κ2) is 1.71. The average Bonchev–Trinajstić information content (AvgIpc) is 2.54. The lowest BCUT2D eigenvalue weighted by molar-refractivity contribution is -0.187. The Balaban J connectivity index is 1.66. The lowest BCUT2D eigenvalue weighted by Crippen LogP contribution is -1.98. The second-order valence-electron chi connectivity index (χ2n) is 2.72. The molecule has 0 aromatic heterocycles. The molecule has 0 amide bonds. The van der Waals surface area contributed by atoms with E-state index >= 15 is 0 Å². The van der Waals surface area contributed by atoms with Gasteiger partial charge in [0.15, 0.2) is 0 Å². The van der Waals surface area contributed by atoms with E-state index in [9.17, 15) is 0 Å². The molecular formula is C6H10O4. The maximum Gasteiger partial charge on any atom is 0.343 e. The van der Waals surface area contributed by atoms with E-state index < -0.39 is 11.8 Å². The summed E-state index contributed by atoms with van der Waals surface area (Å²) >= 11 is 0. The molecule has 0 aromatic rings. The van der Waals surface area contributed by atoms with E-state index in [-0.39, 0.29) is 6.61 Å². The molecule has 0 atom stereocenters. The van der Waals surface area contributed by atoms with Gasteiger partial charge in [0.1, 0.15) is 0 Å². The predicted octanol–water partition coefficient (Wildman–Crippen LogP) is -0.448. The van der Waals surface area contributed by atoms with Crippen molar-refractivity contribution in [3.63, 3.8) is 0 Å². The first-order valence-electron chi connectivity index (χ1n) is 3.46. The maximum atomic E-state index is 8.95. The molecule has 2 heterocycles. The first kappa shape index (κ1) is 6.54. The van der Waals surface area contributed by atoms with Crippen molar-refractivity contribution >= 4 is 0 Å². The van der Waals surface area contributed by atoms with Crippen molar-refractivity contribution < 1.29 is 19.7 Å². The fourth-order valence-electron chi connectivity index (χ4n) is 1.13. The van der Waals surface area contributed by atoms with Crippen molar-refractivity contribution in [2.24, 2.45) is 0 Å². The first-order chi connectivity index (χ1) is 4.72. The van der Waals surface area contributed by atoms with Crippen LogP contribution in [0.4, 0.5) is 0 Å². The molecule has 0 spiro atoms. The summed E-state index contributed by atoms with van der Waals surface area (Å²) in [4.78, 5) is 0. The lowest BCUT2D eigenvalue weighted by atomic mass is 10.2. The summed E-state index contributed by atoms with van der Waals surface area (Å²) in [6.45, 7) is 0.189. The Morgan fingerprint density at radius 1 is 1.20 bits per heavy atom. The highest BCUT2D eigenvalue weighted by atomic mass is 17.1. The van der Waals surface area contributed by atoms with Crippen LogP contribution in [-0.4, -0.2) is 28.6 Å². The fourth-order valence-corrected chi connectivity index (χ4v) is 1.13. The molecule has 0 radical (unpaired) electrons. The summed E-state index contributed by atoms with van der Waals surface area (Å²) in [5.41, 5.74) is 0. The Bertz CT molecular complexity index is 150. The molecule has 2 rings (SSSR count). The molecule has 0 bridgehead atoms. The monoisotopic (exact) mass is 146 g/mol. The van der Waals surface area contributed by atoms with Gasteiger partial charge in [-0.25, -0.2) is 0 Å². The molecule has 2 aliphatic heterocycles. The van der Waals surface area contributed by atoms with Gasteiger partial charge in [0, 0.05) is 13.0 Å². The number of aliphatic hydroxyl groups excluding tert-OH is 1. The van der Waals surface area contributed by atoms with Gasteiger partial charge in [0.2, 0.25) is 0 Å². The van der Waals surface area contributed by atoms with Crippen molar-refractivity contribution in [1.29, 1.82) is 0 Å². The molecule has 2 fully saturated rings. The standard InChI is InChI=1S/C6H10O4/c7-4-2-1-3-5-6(8,9-5)10-5/h7-8H,1-4H2. The highest BCUT2D eigenvalue weighted by molar-refractivity contribution is 5.09. The summed E-state index contributed by atoms with van der Waals surface area (Å²) in [7, 11) is 0. The molecule has 10 heavy (non-hydrogen) atoms. The molecule has 2 saturated heterocycles.